The Labute approximate surface area is 206 Å². The normalized spacial score (nSPS) is 13.8. The van der Waals surface area contributed by atoms with E-state index in [0.29, 0.717) is 28.7 Å². The number of ether oxygens (including phenoxy) is 3. The van der Waals surface area contributed by atoms with E-state index >= 15 is 0 Å². The predicted molar refractivity (Wildman–Crippen MR) is 126 cm³/mol. The van der Waals surface area contributed by atoms with E-state index in [2.05, 4.69) is 4.74 Å². The highest BCUT2D eigenvalue weighted by Gasteiger charge is 2.32. The predicted octanol–water partition coefficient (Wildman–Crippen LogP) is 6.65. The molecule has 6 nitrogen and oxygen atoms in total. The zero-order valence-electron chi connectivity index (χ0n) is 20.1. The molecule has 1 aromatic heterocycles. The lowest BCUT2D eigenvalue weighted by Crippen LogP contribution is -2.38. The Balaban J connectivity index is 1.47. The van der Waals surface area contributed by atoms with Crippen LogP contribution in [0.5, 0.6) is 17.2 Å². The molecule has 190 valence electrons. The van der Waals surface area contributed by atoms with Crippen LogP contribution < -0.4 is 14.2 Å². The Morgan fingerprint density at radius 1 is 1.00 bits per heavy atom. The van der Waals surface area contributed by atoms with Crippen molar-refractivity contribution in [3.8, 4) is 28.5 Å². The number of halogens is 3. The molecule has 0 radical (unpaired) electrons. The molecule has 4 rings (SSSR count). The number of hydrogen-bond acceptors (Lipinski definition) is 5. The average Bonchev–Trinajstić information content (AvgIpc) is 3.64. The van der Waals surface area contributed by atoms with Crippen molar-refractivity contribution >= 4 is 5.97 Å². The zero-order chi connectivity index (χ0) is 26.1. The molecule has 1 aliphatic rings. The van der Waals surface area contributed by atoms with Crippen molar-refractivity contribution in [1.29, 1.82) is 0 Å². The highest BCUT2D eigenvalue weighted by atomic mass is 19.4. The fourth-order valence-electron chi connectivity index (χ4n) is 3.63. The molecule has 2 aromatic carbocycles. The molecule has 1 saturated carbocycles. The lowest BCUT2D eigenvalue weighted by Gasteiger charge is -2.23. The van der Waals surface area contributed by atoms with Gasteiger partial charge in [0.25, 0.3) is 0 Å². The number of carboxylic acid groups (broad SMARTS) is 1. The van der Waals surface area contributed by atoms with E-state index in [1.807, 2.05) is 19.1 Å². The van der Waals surface area contributed by atoms with Crippen LogP contribution in [-0.2, 0) is 11.4 Å². The molecule has 1 heterocycles. The molecule has 0 aliphatic heterocycles. The molecule has 36 heavy (non-hydrogen) atoms. The molecule has 0 amide bonds. The van der Waals surface area contributed by atoms with E-state index in [1.54, 1.807) is 30.3 Å². The summed E-state index contributed by atoms with van der Waals surface area (Å²) in [5.74, 6) is 0.0607. The summed E-state index contributed by atoms with van der Waals surface area (Å²) in [5, 5.41) is 9.28. The maximum atomic E-state index is 12.4. The molecule has 0 unspecified atom stereocenters. The SMILES string of the molecule is Cc1cc(OCc2ccc(-c3ccc(OC(F)(F)F)cc3)nc2C2CC2)ccc1OC(C)(C)C(=O)O. The molecule has 1 N–H and O–H groups in total. The molecule has 3 aromatic rings. The van der Waals surface area contributed by atoms with Gasteiger partial charge in [-0.3, -0.25) is 4.98 Å². The van der Waals surface area contributed by atoms with Crippen molar-refractivity contribution in [2.45, 2.75) is 58.1 Å². The topological polar surface area (TPSA) is 77.9 Å². The monoisotopic (exact) mass is 501 g/mol. The van der Waals surface area contributed by atoms with E-state index < -0.39 is 17.9 Å². The highest BCUT2D eigenvalue weighted by molar-refractivity contribution is 5.76. The minimum Gasteiger partial charge on any atom is -0.489 e. The summed E-state index contributed by atoms with van der Waals surface area (Å²) in [6, 6.07) is 14.6. The Hall–Kier alpha value is -3.75. The van der Waals surface area contributed by atoms with Crippen LogP contribution in [0.2, 0.25) is 0 Å². The zero-order valence-corrected chi connectivity index (χ0v) is 20.1. The maximum Gasteiger partial charge on any atom is 0.573 e. The summed E-state index contributed by atoms with van der Waals surface area (Å²) >= 11 is 0. The third-order valence-electron chi connectivity index (χ3n) is 5.78. The van der Waals surface area contributed by atoms with E-state index in [1.165, 1.54) is 26.0 Å². The maximum absolute atomic E-state index is 12.4. The van der Waals surface area contributed by atoms with Gasteiger partial charge in [-0.1, -0.05) is 6.07 Å². The van der Waals surface area contributed by atoms with Gasteiger partial charge in [-0.2, -0.15) is 0 Å². The molecule has 0 bridgehead atoms. The number of alkyl halides is 3. The van der Waals surface area contributed by atoms with Crippen LogP contribution in [0, 0.1) is 6.92 Å². The lowest BCUT2D eigenvalue weighted by atomic mass is 10.1. The fraction of sp³-hybridized carbons (Fsp3) is 0.333. The first kappa shape index (κ1) is 25.3. The lowest BCUT2D eigenvalue weighted by molar-refractivity contribution is -0.274. The van der Waals surface area contributed by atoms with E-state index in [9.17, 15) is 23.1 Å². The second-order valence-corrected chi connectivity index (χ2v) is 9.22. The van der Waals surface area contributed by atoms with Gasteiger partial charge in [0, 0.05) is 17.0 Å². The van der Waals surface area contributed by atoms with Gasteiger partial charge in [0.2, 0.25) is 0 Å². The van der Waals surface area contributed by atoms with E-state index in [0.717, 1.165) is 29.7 Å². The van der Waals surface area contributed by atoms with Gasteiger partial charge >= 0.3 is 12.3 Å². The fourth-order valence-corrected chi connectivity index (χ4v) is 3.63. The van der Waals surface area contributed by atoms with Crippen molar-refractivity contribution in [2.75, 3.05) is 0 Å². The number of carboxylic acids is 1. The number of carbonyl (C=O) groups is 1. The number of hydrogen-bond donors (Lipinski definition) is 1. The van der Waals surface area contributed by atoms with Crippen LogP contribution in [0.15, 0.2) is 54.6 Å². The van der Waals surface area contributed by atoms with Gasteiger partial charge < -0.3 is 19.3 Å². The number of aliphatic carboxylic acids is 1. The Bertz CT molecular complexity index is 1250. The van der Waals surface area contributed by atoms with Gasteiger partial charge in [0.1, 0.15) is 23.9 Å². The van der Waals surface area contributed by atoms with Crippen LogP contribution in [0.3, 0.4) is 0 Å². The quantitative estimate of drug-likeness (QED) is 0.354. The standard InChI is InChI=1S/C27H26F3NO5/c1-16-14-21(11-13-23(16)36-26(2,3)25(32)33)34-15-19-8-12-22(31-24(19)18-4-5-18)17-6-9-20(10-7-17)35-27(28,29)30/h6-14,18H,4-5,15H2,1-3H3,(H,32,33). The first-order valence-corrected chi connectivity index (χ1v) is 11.4. The molecule has 9 heteroatoms. The van der Waals surface area contributed by atoms with Gasteiger partial charge in [0.05, 0.1) is 11.4 Å². The van der Waals surface area contributed by atoms with Crippen LogP contribution in [0.1, 0.15) is 49.4 Å². The van der Waals surface area contributed by atoms with Crippen molar-refractivity contribution < 1.29 is 37.3 Å². The first-order chi connectivity index (χ1) is 16.9. The van der Waals surface area contributed by atoms with Crippen LogP contribution >= 0.6 is 0 Å². The summed E-state index contributed by atoms with van der Waals surface area (Å²) < 4.78 is 52.8. The molecular weight excluding hydrogens is 475 g/mol. The van der Waals surface area contributed by atoms with Crippen molar-refractivity contribution in [3.63, 3.8) is 0 Å². The molecule has 0 saturated heterocycles. The number of benzene rings is 2. The van der Waals surface area contributed by atoms with Crippen LogP contribution in [0.4, 0.5) is 13.2 Å². The summed E-state index contributed by atoms with van der Waals surface area (Å²) in [7, 11) is 0. The molecule has 0 atom stereocenters. The number of aromatic nitrogens is 1. The van der Waals surface area contributed by atoms with E-state index in [4.69, 9.17) is 14.5 Å². The van der Waals surface area contributed by atoms with E-state index in [-0.39, 0.29) is 12.4 Å². The molecule has 1 aliphatic carbocycles. The minimum absolute atomic E-state index is 0.281. The summed E-state index contributed by atoms with van der Waals surface area (Å²) in [5.41, 5.74) is 2.60. The molecule has 1 fully saturated rings. The van der Waals surface area contributed by atoms with Gasteiger partial charge in [0.15, 0.2) is 5.60 Å². The smallest absolute Gasteiger partial charge is 0.489 e. The molecular formula is C27H26F3NO5. The van der Waals surface area contributed by atoms with Gasteiger partial charge in [-0.05, 0) is 87.7 Å². The van der Waals surface area contributed by atoms with Crippen molar-refractivity contribution in [1.82, 2.24) is 4.98 Å². The van der Waals surface area contributed by atoms with Crippen LogP contribution in [-0.4, -0.2) is 28.0 Å². The van der Waals surface area contributed by atoms with Crippen molar-refractivity contribution in [3.05, 3.63) is 71.4 Å². The summed E-state index contributed by atoms with van der Waals surface area (Å²) in [4.78, 5) is 16.1. The largest absolute Gasteiger partial charge is 0.573 e. The van der Waals surface area contributed by atoms with Crippen molar-refractivity contribution in [2.24, 2.45) is 0 Å². The summed E-state index contributed by atoms with van der Waals surface area (Å²) in [6.07, 6.45) is -2.69. The van der Waals surface area contributed by atoms with Crippen LogP contribution in [0.25, 0.3) is 11.3 Å². The highest BCUT2D eigenvalue weighted by Crippen LogP contribution is 2.42. The molecule has 0 spiro atoms. The average molecular weight is 502 g/mol. The Morgan fingerprint density at radius 2 is 1.67 bits per heavy atom. The number of nitrogens with zero attached hydrogens (tertiary/aromatic N) is 1. The second-order valence-electron chi connectivity index (χ2n) is 9.22. The Morgan fingerprint density at radius 3 is 2.25 bits per heavy atom. The number of pyridine rings is 1. The number of rotatable bonds is 9. The summed E-state index contributed by atoms with van der Waals surface area (Å²) in [6.45, 7) is 5.08. The minimum atomic E-state index is -4.73. The van der Waals surface area contributed by atoms with Gasteiger partial charge in [-0.25, -0.2) is 4.79 Å². The van der Waals surface area contributed by atoms with Gasteiger partial charge in [-0.15, -0.1) is 13.2 Å². The Kier molecular flexibility index (Phi) is 6.84. The second kappa shape index (κ2) is 9.72. The first-order valence-electron chi connectivity index (χ1n) is 11.4. The third kappa shape index (κ3) is 6.27. The number of aryl methyl sites for hydroxylation is 1. The third-order valence-corrected chi connectivity index (χ3v) is 5.78.